The smallest absolute Gasteiger partial charge is 0.408 e. The van der Waals surface area contributed by atoms with Gasteiger partial charge in [0.2, 0.25) is 5.91 Å². The lowest BCUT2D eigenvalue weighted by molar-refractivity contribution is -0.137. The van der Waals surface area contributed by atoms with Crippen LogP contribution in [0.5, 0.6) is 0 Å². The zero-order valence-corrected chi connectivity index (χ0v) is 17.4. The van der Waals surface area contributed by atoms with E-state index < -0.39 is 23.6 Å². The number of benzene rings is 2. The molecule has 1 unspecified atom stereocenters. The fourth-order valence-corrected chi connectivity index (χ4v) is 4.20. The lowest BCUT2D eigenvalue weighted by Crippen LogP contribution is -2.52. The van der Waals surface area contributed by atoms with Gasteiger partial charge in [0.1, 0.15) is 12.1 Å². The molecule has 31 heavy (non-hydrogen) atoms. The minimum absolute atomic E-state index is 0.0535. The maximum Gasteiger partial charge on any atom is 0.408 e. The second-order valence-electron chi connectivity index (χ2n) is 8.21. The number of fused-ring (bicyclic) bond motifs is 3. The molecule has 0 radical (unpaired) electrons. The number of hydrogen-bond donors (Lipinski definition) is 3. The molecule has 0 aliphatic heterocycles. The van der Waals surface area contributed by atoms with Gasteiger partial charge in [-0.05, 0) is 41.5 Å². The molecular weight excluding hydrogens is 396 g/mol. The van der Waals surface area contributed by atoms with Crippen LogP contribution in [0, 0.1) is 0 Å². The van der Waals surface area contributed by atoms with Crippen LogP contribution in [0.1, 0.15) is 49.7 Å². The Morgan fingerprint density at radius 2 is 1.65 bits per heavy atom. The lowest BCUT2D eigenvalue weighted by Gasteiger charge is -2.22. The Kier molecular flexibility index (Phi) is 5.67. The van der Waals surface area contributed by atoms with E-state index >= 15 is 0 Å². The Hall–Kier alpha value is -3.35. The number of rotatable bonds is 8. The summed E-state index contributed by atoms with van der Waals surface area (Å²) in [6.07, 6.45) is 0.724. The summed E-state index contributed by atoms with van der Waals surface area (Å²) in [6, 6.07) is 15.7. The highest BCUT2D eigenvalue weighted by Crippen LogP contribution is 2.44. The minimum Gasteiger partial charge on any atom is -0.481 e. The van der Waals surface area contributed by atoms with Crippen LogP contribution in [-0.4, -0.2) is 41.3 Å². The summed E-state index contributed by atoms with van der Waals surface area (Å²) in [5.41, 5.74) is 3.53. The van der Waals surface area contributed by atoms with Crippen LogP contribution in [0.15, 0.2) is 48.5 Å². The number of aliphatic carboxylic acids is 1. The highest BCUT2D eigenvalue weighted by atomic mass is 16.5. The van der Waals surface area contributed by atoms with Gasteiger partial charge >= 0.3 is 12.1 Å². The highest BCUT2D eigenvalue weighted by molar-refractivity contribution is 5.93. The molecule has 7 heteroatoms. The number of amides is 2. The van der Waals surface area contributed by atoms with Crippen molar-refractivity contribution in [1.29, 1.82) is 0 Å². The SMILES string of the molecule is CCC(CC(=O)O)NC(=O)C1(NC(=O)OCC2c3ccccc3-c3ccccc32)CC1. The Labute approximate surface area is 180 Å². The Bertz CT molecular complexity index is 969. The van der Waals surface area contributed by atoms with Crippen LogP contribution in [-0.2, 0) is 14.3 Å². The molecule has 0 heterocycles. The summed E-state index contributed by atoms with van der Waals surface area (Å²) in [4.78, 5) is 36.1. The second-order valence-corrected chi connectivity index (χ2v) is 8.21. The quantitative estimate of drug-likeness (QED) is 0.605. The average Bonchev–Trinajstić information content (AvgIpc) is 3.47. The van der Waals surface area contributed by atoms with E-state index in [0.717, 1.165) is 22.3 Å². The molecule has 7 nitrogen and oxygen atoms in total. The van der Waals surface area contributed by atoms with Crippen LogP contribution in [0.25, 0.3) is 11.1 Å². The molecule has 3 N–H and O–H groups in total. The first-order valence-corrected chi connectivity index (χ1v) is 10.6. The zero-order valence-electron chi connectivity index (χ0n) is 17.4. The summed E-state index contributed by atoms with van der Waals surface area (Å²) >= 11 is 0. The molecule has 0 spiro atoms. The molecule has 2 aromatic rings. The molecule has 1 saturated carbocycles. The normalized spacial score (nSPS) is 16.5. The molecule has 2 aliphatic rings. The monoisotopic (exact) mass is 422 g/mol. The molecule has 4 rings (SSSR count). The van der Waals surface area contributed by atoms with Crippen molar-refractivity contribution in [3.8, 4) is 11.1 Å². The van der Waals surface area contributed by atoms with Crippen molar-refractivity contribution in [3.05, 3.63) is 59.7 Å². The average molecular weight is 422 g/mol. The van der Waals surface area contributed by atoms with Gasteiger partial charge in [-0.2, -0.15) is 0 Å². The second kappa shape index (κ2) is 8.41. The Morgan fingerprint density at radius 3 is 2.16 bits per heavy atom. The number of hydrogen-bond acceptors (Lipinski definition) is 4. The number of carboxylic acids is 1. The molecule has 1 atom stereocenters. The molecule has 0 saturated heterocycles. The zero-order chi connectivity index (χ0) is 22.0. The van der Waals surface area contributed by atoms with Crippen LogP contribution < -0.4 is 10.6 Å². The predicted octanol–water partition coefficient (Wildman–Crippen LogP) is 3.43. The van der Waals surface area contributed by atoms with Crippen molar-refractivity contribution < 1.29 is 24.2 Å². The Morgan fingerprint density at radius 1 is 1.06 bits per heavy atom. The summed E-state index contributed by atoms with van der Waals surface area (Å²) < 4.78 is 5.54. The number of ether oxygens (including phenoxy) is 1. The van der Waals surface area contributed by atoms with Crippen molar-refractivity contribution in [2.45, 2.75) is 50.1 Å². The van der Waals surface area contributed by atoms with E-state index in [2.05, 4.69) is 22.8 Å². The van der Waals surface area contributed by atoms with Crippen LogP contribution >= 0.6 is 0 Å². The molecule has 2 aliphatic carbocycles. The van der Waals surface area contributed by atoms with Crippen molar-refractivity contribution in [3.63, 3.8) is 0 Å². The van der Waals surface area contributed by atoms with E-state index in [9.17, 15) is 14.4 Å². The van der Waals surface area contributed by atoms with Crippen molar-refractivity contribution >= 4 is 18.0 Å². The summed E-state index contributed by atoms with van der Waals surface area (Å²) in [6.45, 7) is 1.99. The fourth-order valence-electron chi connectivity index (χ4n) is 4.20. The molecule has 162 valence electrons. The van der Waals surface area contributed by atoms with Gasteiger partial charge in [-0.25, -0.2) is 4.79 Å². The summed E-state index contributed by atoms with van der Waals surface area (Å²) in [5.74, 6) is -1.38. The van der Waals surface area contributed by atoms with E-state index in [0.29, 0.717) is 19.3 Å². The molecule has 0 bridgehead atoms. The molecule has 0 aromatic heterocycles. The molecule has 1 fully saturated rings. The standard InChI is InChI=1S/C24H26N2O5/c1-2-15(13-21(27)28)25-22(29)24(11-12-24)26-23(30)31-14-20-18-9-5-3-7-16(18)17-8-4-6-10-19(17)20/h3-10,15,20H,2,11-14H2,1H3,(H,25,29)(H,26,30)(H,27,28). The van der Waals surface area contributed by atoms with Gasteiger partial charge in [0.05, 0.1) is 6.42 Å². The molecule has 2 aromatic carbocycles. The lowest BCUT2D eigenvalue weighted by atomic mass is 9.98. The third kappa shape index (κ3) is 4.26. The van der Waals surface area contributed by atoms with E-state index in [1.54, 1.807) is 0 Å². The first-order valence-electron chi connectivity index (χ1n) is 10.6. The number of carboxylic acid groups (broad SMARTS) is 1. The maximum atomic E-state index is 12.6. The first kappa shape index (κ1) is 20.9. The van der Waals surface area contributed by atoms with Crippen LogP contribution in [0.2, 0.25) is 0 Å². The van der Waals surface area contributed by atoms with Gasteiger partial charge in [-0.1, -0.05) is 55.5 Å². The van der Waals surface area contributed by atoms with Crippen molar-refractivity contribution in [2.24, 2.45) is 0 Å². The van der Waals surface area contributed by atoms with Crippen LogP contribution in [0.3, 0.4) is 0 Å². The van der Waals surface area contributed by atoms with E-state index in [1.807, 2.05) is 43.3 Å². The van der Waals surface area contributed by atoms with Gasteiger partial charge in [0.15, 0.2) is 0 Å². The maximum absolute atomic E-state index is 12.6. The van der Waals surface area contributed by atoms with Gasteiger partial charge in [-0.15, -0.1) is 0 Å². The van der Waals surface area contributed by atoms with Gasteiger partial charge < -0.3 is 20.5 Å². The number of carbonyl (C=O) groups is 3. The number of alkyl carbamates (subject to hydrolysis) is 1. The van der Waals surface area contributed by atoms with Gasteiger partial charge in [0.25, 0.3) is 0 Å². The fraction of sp³-hybridized carbons (Fsp3) is 0.375. The van der Waals surface area contributed by atoms with Gasteiger partial charge in [0, 0.05) is 12.0 Å². The molecule has 2 amide bonds. The van der Waals surface area contributed by atoms with E-state index in [4.69, 9.17) is 9.84 Å². The van der Waals surface area contributed by atoms with Gasteiger partial charge in [-0.3, -0.25) is 9.59 Å². The first-order chi connectivity index (χ1) is 14.9. The largest absolute Gasteiger partial charge is 0.481 e. The van der Waals surface area contributed by atoms with Crippen molar-refractivity contribution in [2.75, 3.05) is 6.61 Å². The minimum atomic E-state index is -1.01. The summed E-state index contributed by atoms with van der Waals surface area (Å²) in [7, 11) is 0. The Balaban J connectivity index is 1.38. The van der Waals surface area contributed by atoms with E-state index in [1.165, 1.54) is 0 Å². The third-order valence-corrected chi connectivity index (χ3v) is 6.12. The van der Waals surface area contributed by atoms with E-state index in [-0.39, 0.29) is 24.9 Å². The summed E-state index contributed by atoms with van der Waals surface area (Å²) in [5, 5.41) is 14.4. The number of nitrogens with one attached hydrogen (secondary N) is 2. The molecular formula is C24H26N2O5. The van der Waals surface area contributed by atoms with Crippen molar-refractivity contribution in [1.82, 2.24) is 10.6 Å². The number of carbonyl (C=O) groups excluding carboxylic acids is 2. The van der Waals surface area contributed by atoms with Crippen LogP contribution in [0.4, 0.5) is 4.79 Å². The third-order valence-electron chi connectivity index (χ3n) is 6.12. The highest BCUT2D eigenvalue weighted by Gasteiger charge is 2.52. The topological polar surface area (TPSA) is 105 Å². The predicted molar refractivity (Wildman–Crippen MR) is 115 cm³/mol.